The number of hydrogen-bond donors (Lipinski definition) is 0. The second kappa shape index (κ2) is 10.3. The first-order chi connectivity index (χ1) is 17.8. The summed E-state index contributed by atoms with van der Waals surface area (Å²) in [7, 11) is 0. The standard InChI is InChI=1S/C29H24BrF2N3O2S/c1-16-12-18(17(2)34(16)21-9-6-19(30)7-10-21)13-25-27(37)35(24-11-8-20(31)14-23(24)32)28(38-25)22(15-33)26(36)29(3,4)5/h6-14H,1-5H3/b25-13-,28-22-. The predicted octanol–water partition coefficient (Wildman–Crippen LogP) is 5.47. The van der Waals surface area contributed by atoms with Gasteiger partial charge in [-0.1, -0.05) is 36.7 Å². The second-order valence-electron chi connectivity index (χ2n) is 9.86. The van der Waals surface area contributed by atoms with Gasteiger partial charge in [0.15, 0.2) is 5.78 Å². The van der Waals surface area contributed by atoms with Crippen LogP contribution in [0.2, 0.25) is 0 Å². The fourth-order valence-electron chi connectivity index (χ4n) is 4.16. The molecule has 0 unspecified atom stereocenters. The summed E-state index contributed by atoms with van der Waals surface area (Å²) in [5.74, 6) is -2.28. The van der Waals surface area contributed by atoms with Gasteiger partial charge in [-0.3, -0.25) is 14.2 Å². The third-order valence-electron chi connectivity index (χ3n) is 6.05. The smallest absolute Gasteiger partial charge is 0.273 e. The van der Waals surface area contributed by atoms with Gasteiger partial charge in [-0.25, -0.2) is 8.78 Å². The van der Waals surface area contributed by atoms with Crippen LogP contribution in [-0.2, 0) is 4.79 Å². The number of nitriles is 1. The molecule has 2 heterocycles. The molecule has 0 amide bonds. The zero-order valence-corrected chi connectivity index (χ0v) is 23.8. The molecule has 2 aromatic heterocycles. The Balaban J connectivity index is 2.06. The largest absolute Gasteiger partial charge is 0.318 e. The zero-order valence-electron chi connectivity index (χ0n) is 21.4. The minimum Gasteiger partial charge on any atom is -0.318 e. The SMILES string of the molecule is Cc1cc(/C=c2\s/c(=C(/C#N)C(=O)C(C)(C)C)n(-c3ccc(F)cc3F)c2=O)c(C)n1-c1ccc(Br)cc1. The van der Waals surface area contributed by atoms with Crippen molar-refractivity contribution in [1.82, 2.24) is 9.13 Å². The molecule has 38 heavy (non-hydrogen) atoms. The molecule has 4 aromatic rings. The third kappa shape index (κ3) is 5.06. The molecule has 0 N–H and O–H groups in total. The average molecular weight is 596 g/mol. The quantitative estimate of drug-likeness (QED) is 0.314. The monoisotopic (exact) mass is 595 g/mol. The molecule has 0 saturated carbocycles. The van der Waals surface area contributed by atoms with E-state index in [0.717, 1.165) is 55.1 Å². The summed E-state index contributed by atoms with van der Waals surface area (Å²) >= 11 is 4.37. The Bertz CT molecular complexity index is 1800. The molecule has 5 nitrogen and oxygen atoms in total. The summed E-state index contributed by atoms with van der Waals surface area (Å²) in [6.07, 6.45) is 1.67. The lowest BCUT2D eigenvalue weighted by molar-refractivity contribution is -0.120. The fraction of sp³-hybridized carbons (Fsp3) is 0.207. The van der Waals surface area contributed by atoms with Crippen molar-refractivity contribution in [2.45, 2.75) is 34.6 Å². The summed E-state index contributed by atoms with van der Waals surface area (Å²) in [5, 5.41) is 9.93. The number of rotatable bonds is 4. The number of nitrogens with zero attached hydrogens (tertiary/aromatic N) is 3. The average Bonchev–Trinajstić information content (AvgIpc) is 3.30. The maximum absolute atomic E-state index is 14.9. The maximum atomic E-state index is 14.9. The summed E-state index contributed by atoms with van der Waals surface area (Å²) < 4.78 is 32.7. The molecule has 0 saturated heterocycles. The van der Waals surface area contributed by atoms with E-state index in [1.807, 2.05) is 54.8 Å². The van der Waals surface area contributed by atoms with Gasteiger partial charge >= 0.3 is 0 Å². The van der Waals surface area contributed by atoms with Crippen molar-refractivity contribution in [2.24, 2.45) is 5.41 Å². The van der Waals surface area contributed by atoms with Gasteiger partial charge < -0.3 is 4.57 Å². The molecule has 0 fully saturated rings. The fourth-order valence-corrected chi connectivity index (χ4v) is 5.51. The number of Topliss-reactive ketones (excluding diaryl/α,β-unsaturated/α-hetero) is 1. The van der Waals surface area contributed by atoms with Gasteiger partial charge in [-0.2, -0.15) is 5.26 Å². The topological polar surface area (TPSA) is 67.8 Å². The highest BCUT2D eigenvalue weighted by Crippen LogP contribution is 2.23. The van der Waals surface area contributed by atoms with Crippen LogP contribution in [0.5, 0.6) is 0 Å². The summed E-state index contributed by atoms with van der Waals surface area (Å²) in [4.78, 5) is 26.8. The highest BCUT2D eigenvalue weighted by molar-refractivity contribution is 9.10. The lowest BCUT2D eigenvalue weighted by Crippen LogP contribution is -2.33. The zero-order chi connectivity index (χ0) is 27.9. The van der Waals surface area contributed by atoms with Gasteiger partial charge in [-0.05, 0) is 68.0 Å². The minimum absolute atomic E-state index is 0.00380. The van der Waals surface area contributed by atoms with E-state index < -0.39 is 28.4 Å². The lowest BCUT2D eigenvalue weighted by Gasteiger charge is -2.15. The molecule has 4 rings (SSSR count). The van der Waals surface area contributed by atoms with Crippen LogP contribution in [0.1, 0.15) is 37.7 Å². The van der Waals surface area contributed by atoms with Crippen molar-refractivity contribution in [3.05, 3.63) is 101 Å². The summed E-state index contributed by atoms with van der Waals surface area (Å²) in [5.41, 5.74) is 1.47. The van der Waals surface area contributed by atoms with Crippen LogP contribution in [0.25, 0.3) is 23.0 Å². The molecule has 194 valence electrons. The Labute approximate surface area is 230 Å². The number of carbonyl (C=O) groups is 1. The van der Waals surface area contributed by atoms with E-state index in [1.54, 1.807) is 26.8 Å². The van der Waals surface area contributed by atoms with Crippen molar-refractivity contribution in [1.29, 1.82) is 5.26 Å². The maximum Gasteiger partial charge on any atom is 0.273 e. The van der Waals surface area contributed by atoms with E-state index in [9.17, 15) is 23.6 Å². The predicted molar refractivity (Wildman–Crippen MR) is 149 cm³/mol. The third-order valence-corrected chi connectivity index (χ3v) is 7.67. The Morgan fingerprint density at radius 3 is 2.29 bits per heavy atom. The van der Waals surface area contributed by atoms with E-state index in [4.69, 9.17) is 0 Å². The molecule has 0 aliphatic heterocycles. The highest BCUT2D eigenvalue weighted by Gasteiger charge is 2.28. The summed E-state index contributed by atoms with van der Waals surface area (Å²) in [6.45, 7) is 8.84. The van der Waals surface area contributed by atoms with Crippen molar-refractivity contribution >= 4 is 44.7 Å². The number of thiazole rings is 1. The van der Waals surface area contributed by atoms with Gasteiger partial charge in [0.1, 0.15) is 27.9 Å². The van der Waals surface area contributed by atoms with Crippen LogP contribution in [-0.4, -0.2) is 14.9 Å². The van der Waals surface area contributed by atoms with Gasteiger partial charge in [0.05, 0.1) is 10.2 Å². The number of aromatic nitrogens is 2. The first kappa shape index (κ1) is 27.4. The molecule has 0 spiro atoms. The Morgan fingerprint density at radius 2 is 1.71 bits per heavy atom. The van der Waals surface area contributed by atoms with E-state index >= 15 is 0 Å². The molecule has 0 radical (unpaired) electrons. The van der Waals surface area contributed by atoms with E-state index in [-0.39, 0.29) is 20.5 Å². The van der Waals surface area contributed by atoms with Crippen LogP contribution < -0.4 is 14.8 Å². The van der Waals surface area contributed by atoms with E-state index in [2.05, 4.69) is 15.9 Å². The molecule has 0 bridgehead atoms. The van der Waals surface area contributed by atoms with Crippen LogP contribution in [0.15, 0.2) is 57.8 Å². The van der Waals surface area contributed by atoms with Gasteiger partial charge in [-0.15, -0.1) is 11.3 Å². The molecule has 9 heteroatoms. The first-order valence-electron chi connectivity index (χ1n) is 11.7. The molecular weight excluding hydrogens is 572 g/mol. The number of carbonyl (C=O) groups excluding carboxylic acids is 1. The molecule has 0 aliphatic rings. The van der Waals surface area contributed by atoms with Crippen LogP contribution in [0.4, 0.5) is 8.78 Å². The molecule has 0 aliphatic carbocycles. The Hall–Kier alpha value is -3.61. The van der Waals surface area contributed by atoms with Crippen molar-refractivity contribution in [2.75, 3.05) is 0 Å². The second-order valence-corrected chi connectivity index (χ2v) is 11.8. The highest BCUT2D eigenvalue weighted by atomic mass is 79.9. The van der Waals surface area contributed by atoms with Gasteiger partial charge in [0, 0.05) is 33.0 Å². The van der Waals surface area contributed by atoms with Gasteiger partial charge in [0.25, 0.3) is 5.56 Å². The number of benzene rings is 2. The minimum atomic E-state index is -0.980. The normalized spacial score (nSPS) is 13.0. The molecule has 2 aromatic carbocycles. The van der Waals surface area contributed by atoms with E-state index in [1.165, 1.54) is 0 Å². The Kier molecular flexibility index (Phi) is 7.42. The molecular formula is C29H24BrF2N3O2S. The van der Waals surface area contributed by atoms with Crippen LogP contribution in [0, 0.1) is 42.2 Å². The number of aryl methyl sites for hydroxylation is 1. The Morgan fingerprint density at radius 1 is 1.05 bits per heavy atom. The lowest BCUT2D eigenvalue weighted by atomic mass is 9.87. The number of ketones is 1. The van der Waals surface area contributed by atoms with Crippen molar-refractivity contribution < 1.29 is 13.6 Å². The van der Waals surface area contributed by atoms with Crippen molar-refractivity contribution in [3.63, 3.8) is 0 Å². The van der Waals surface area contributed by atoms with Crippen LogP contribution >= 0.6 is 27.3 Å². The molecule has 0 atom stereocenters. The van der Waals surface area contributed by atoms with Gasteiger partial charge in [0.2, 0.25) is 0 Å². The first-order valence-corrected chi connectivity index (χ1v) is 13.3. The van der Waals surface area contributed by atoms with E-state index in [0.29, 0.717) is 6.07 Å². The number of hydrogen-bond acceptors (Lipinski definition) is 4. The summed E-state index contributed by atoms with van der Waals surface area (Å²) in [6, 6.07) is 14.5. The number of halogens is 3. The van der Waals surface area contributed by atoms with Crippen LogP contribution in [0.3, 0.4) is 0 Å². The van der Waals surface area contributed by atoms with Crippen molar-refractivity contribution in [3.8, 4) is 17.4 Å².